The van der Waals surface area contributed by atoms with Crippen molar-refractivity contribution in [2.75, 3.05) is 0 Å². The molecule has 6 heteroatoms. The van der Waals surface area contributed by atoms with Crippen LogP contribution in [0.5, 0.6) is 0 Å². The summed E-state index contributed by atoms with van der Waals surface area (Å²) in [4.78, 5) is 0. The summed E-state index contributed by atoms with van der Waals surface area (Å²) in [5.74, 6) is -0.310. The van der Waals surface area contributed by atoms with Gasteiger partial charge in [-0.2, -0.15) is 5.10 Å². The van der Waals surface area contributed by atoms with E-state index < -0.39 is 18.3 Å². The summed E-state index contributed by atoms with van der Waals surface area (Å²) in [6.45, 7) is 7.90. The van der Waals surface area contributed by atoms with Gasteiger partial charge in [0.05, 0.1) is 16.7 Å². The first-order chi connectivity index (χ1) is 9.19. The molecule has 1 aliphatic heterocycles. The monoisotopic (exact) mass is 276 g/mol. The Morgan fingerprint density at radius 2 is 1.75 bits per heavy atom. The van der Waals surface area contributed by atoms with Crippen molar-refractivity contribution in [1.82, 2.24) is 9.78 Å². The predicted octanol–water partition coefficient (Wildman–Crippen LogP) is 2.01. The first-order valence-corrected chi connectivity index (χ1v) is 6.68. The van der Waals surface area contributed by atoms with Crippen LogP contribution in [0.15, 0.2) is 18.3 Å². The van der Waals surface area contributed by atoms with Gasteiger partial charge >= 0.3 is 7.12 Å². The highest BCUT2D eigenvalue weighted by atomic mass is 19.1. The van der Waals surface area contributed by atoms with E-state index in [1.54, 1.807) is 10.9 Å². The molecule has 0 amide bonds. The highest BCUT2D eigenvalue weighted by Gasteiger charge is 2.52. The molecule has 0 atom stereocenters. The average Bonchev–Trinajstić information content (AvgIpc) is 2.75. The van der Waals surface area contributed by atoms with E-state index in [9.17, 15) is 4.39 Å². The Hall–Kier alpha value is -1.40. The first-order valence-electron chi connectivity index (χ1n) is 6.68. The molecule has 0 radical (unpaired) electrons. The van der Waals surface area contributed by atoms with Gasteiger partial charge < -0.3 is 9.31 Å². The molecule has 0 spiro atoms. The maximum Gasteiger partial charge on any atom is 0.497 e. The highest BCUT2D eigenvalue weighted by molar-refractivity contribution is 6.64. The Balaban J connectivity index is 2.12. The van der Waals surface area contributed by atoms with E-state index in [0.29, 0.717) is 11.0 Å². The second-order valence-electron chi connectivity index (χ2n) is 6.32. The third-order valence-electron chi connectivity index (χ3n) is 4.22. The number of hydrogen-bond acceptors (Lipinski definition) is 3. The number of aryl methyl sites for hydroxylation is 1. The van der Waals surface area contributed by atoms with Crippen LogP contribution in [0, 0.1) is 5.82 Å². The summed E-state index contributed by atoms with van der Waals surface area (Å²) in [6, 6.07) is 2.91. The van der Waals surface area contributed by atoms with Crippen molar-refractivity contribution < 1.29 is 13.7 Å². The van der Waals surface area contributed by atoms with E-state index in [2.05, 4.69) is 5.10 Å². The lowest BCUT2D eigenvalue weighted by Crippen LogP contribution is -2.41. The van der Waals surface area contributed by atoms with Crippen LogP contribution in [0.25, 0.3) is 10.9 Å². The van der Waals surface area contributed by atoms with Gasteiger partial charge in [-0.25, -0.2) is 4.39 Å². The van der Waals surface area contributed by atoms with E-state index in [1.807, 2.05) is 34.7 Å². The van der Waals surface area contributed by atoms with E-state index in [-0.39, 0.29) is 5.82 Å². The van der Waals surface area contributed by atoms with Crippen LogP contribution in [0.1, 0.15) is 27.7 Å². The fraction of sp³-hybridized carbons (Fsp3) is 0.500. The van der Waals surface area contributed by atoms with Crippen LogP contribution in [-0.4, -0.2) is 28.1 Å². The van der Waals surface area contributed by atoms with Crippen molar-refractivity contribution in [3.63, 3.8) is 0 Å². The lowest BCUT2D eigenvalue weighted by Gasteiger charge is -2.32. The molecule has 3 rings (SSSR count). The number of nitrogens with zero attached hydrogens (tertiary/aromatic N) is 2. The molecule has 0 aliphatic carbocycles. The smallest absolute Gasteiger partial charge is 0.399 e. The van der Waals surface area contributed by atoms with E-state index in [1.165, 1.54) is 12.1 Å². The van der Waals surface area contributed by atoms with Crippen LogP contribution < -0.4 is 5.46 Å². The molecule has 1 aromatic carbocycles. The molecule has 20 heavy (non-hydrogen) atoms. The van der Waals surface area contributed by atoms with Gasteiger partial charge in [0.25, 0.3) is 0 Å². The summed E-state index contributed by atoms with van der Waals surface area (Å²) >= 11 is 0. The lowest BCUT2D eigenvalue weighted by molar-refractivity contribution is 0.00578. The van der Waals surface area contributed by atoms with Crippen LogP contribution in [0.4, 0.5) is 4.39 Å². The SMILES string of the molecule is Cn1cc2cc(F)cc(B3OC(C)(C)C(C)(C)O3)c2n1. The maximum absolute atomic E-state index is 13.8. The Kier molecular flexibility index (Phi) is 2.75. The van der Waals surface area contributed by atoms with Crippen LogP contribution in [0.3, 0.4) is 0 Å². The number of hydrogen-bond donors (Lipinski definition) is 0. The molecule has 0 N–H and O–H groups in total. The Bertz CT molecular complexity index is 665. The minimum Gasteiger partial charge on any atom is -0.399 e. The van der Waals surface area contributed by atoms with Crippen LogP contribution in [0.2, 0.25) is 0 Å². The second kappa shape index (κ2) is 4.05. The molecular weight excluding hydrogens is 258 g/mol. The number of aromatic nitrogens is 2. The van der Waals surface area contributed by atoms with Crippen molar-refractivity contribution in [1.29, 1.82) is 0 Å². The predicted molar refractivity (Wildman–Crippen MR) is 76.4 cm³/mol. The summed E-state index contributed by atoms with van der Waals surface area (Å²) in [5.41, 5.74) is 0.447. The quantitative estimate of drug-likeness (QED) is 0.747. The largest absolute Gasteiger partial charge is 0.497 e. The highest BCUT2D eigenvalue weighted by Crippen LogP contribution is 2.37. The van der Waals surface area contributed by atoms with Gasteiger partial charge in [0.15, 0.2) is 0 Å². The number of benzene rings is 1. The van der Waals surface area contributed by atoms with Crippen LogP contribution >= 0.6 is 0 Å². The topological polar surface area (TPSA) is 36.3 Å². The third-order valence-corrected chi connectivity index (χ3v) is 4.22. The molecule has 0 unspecified atom stereocenters. The first kappa shape index (κ1) is 13.6. The fourth-order valence-corrected chi connectivity index (χ4v) is 2.39. The Morgan fingerprint density at radius 3 is 2.35 bits per heavy atom. The molecule has 2 heterocycles. The minimum atomic E-state index is -0.604. The zero-order valence-electron chi connectivity index (χ0n) is 12.4. The van der Waals surface area contributed by atoms with Gasteiger partial charge in [0, 0.05) is 24.1 Å². The molecule has 1 saturated heterocycles. The normalized spacial score (nSPS) is 20.8. The second-order valence-corrected chi connectivity index (χ2v) is 6.32. The molecule has 1 aliphatic rings. The molecule has 1 aromatic heterocycles. The van der Waals surface area contributed by atoms with Gasteiger partial charge in [-0.3, -0.25) is 4.68 Å². The zero-order chi connectivity index (χ0) is 14.7. The molecule has 4 nitrogen and oxygen atoms in total. The van der Waals surface area contributed by atoms with Crippen molar-refractivity contribution in [3.8, 4) is 0 Å². The Labute approximate surface area is 118 Å². The van der Waals surface area contributed by atoms with Gasteiger partial charge in [0.1, 0.15) is 5.82 Å². The molecule has 0 bridgehead atoms. The van der Waals surface area contributed by atoms with Crippen molar-refractivity contribution in [2.24, 2.45) is 7.05 Å². The molecule has 0 saturated carbocycles. The minimum absolute atomic E-state index is 0.310. The Morgan fingerprint density at radius 1 is 1.15 bits per heavy atom. The zero-order valence-corrected chi connectivity index (χ0v) is 12.4. The van der Waals surface area contributed by atoms with Gasteiger partial charge in [-0.15, -0.1) is 0 Å². The summed E-state index contributed by atoms with van der Waals surface area (Å²) < 4.78 is 27.4. The van der Waals surface area contributed by atoms with Gasteiger partial charge in [0.2, 0.25) is 0 Å². The van der Waals surface area contributed by atoms with Crippen molar-refractivity contribution in [3.05, 3.63) is 24.1 Å². The summed E-state index contributed by atoms with van der Waals surface area (Å²) in [6.07, 6.45) is 1.78. The maximum atomic E-state index is 13.8. The van der Waals surface area contributed by atoms with Crippen molar-refractivity contribution in [2.45, 2.75) is 38.9 Å². The lowest BCUT2D eigenvalue weighted by atomic mass is 9.78. The average molecular weight is 276 g/mol. The molecule has 106 valence electrons. The van der Waals surface area contributed by atoms with Crippen LogP contribution in [-0.2, 0) is 16.4 Å². The van der Waals surface area contributed by atoms with Gasteiger partial charge in [-0.1, -0.05) is 0 Å². The molecular formula is C14H18BFN2O2. The van der Waals surface area contributed by atoms with Crippen molar-refractivity contribution >= 4 is 23.5 Å². The number of fused-ring (bicyclic) bond motifs is 1. The molecule has 2 aromatic rings. The van der Waals surface area contributed by atoms with Gasteiger partial charge in [-0.05, 0) is 39.8 Å². The fourth-order valence-electron chi connectivity index (χ4n) is 2.39. The van der Waals surface area contributed by atoms with E-state index >= 15 is 0 Å². The summed E-state index contributed by atoms with van der Waals surface area (Å²) in [7, 11) is 1.21. The summed E-state index contributed by atoms with van der Waals surface area (Å²) in [5, 5.41) is 5.13. The molecule has 1 fully saturated rings. The standard InChI is InChI=1S/C14H18BFN2O2/c1-13(2)14(3,4)20-15(19-13)11-7-10(16)6-9-8-18(5)17-12(9)11/h6-8H,1-5H3. The van der Waals surface area contributed by atoms with E-state index in [0.717, 1.165) is 5.39 Å². The number of halogens is 1. The third kappa shape index (κ3) is 1.94. The number of rotatable bonds is 1. The van der Waals surface area contributed by atoms with E-state index in [4.69, 9.17) is 9.31 Å².